The lowest BCUT2D eigenvalue weighted by Gasteiger charge is -2.74. The fraction of sp³-hybridized carbons (Fsp3) is 0.684. The van der Waals surface area contributed by atoms with Crippen molar-refractivity contribution in [3.05, 3.63) is 48.0 Å². The lowest BCUT2D eigenvalue weighted by Crippen LogP contribution is -2.80. The summed E-state index contributed by atoms with van der Waals surface area (Å²) < 4.78 is 13.5. The largest absolute Gasteiger partial charge is 0.456 e. The van der Waals surface area contributed by atoms with Crippen LogP contribution in [0, 0.1) is 47.3 Å². The summed E-state index contributed by atoms with van der Waals surface area (Å²) in [6.45, 7) is 0. The summed E-state index contributed by atoms with van der Waals surface area (Å²) in [7, 11) is 0. The minimum absolute atomic E-state index is 0.533. The van der Waals surface area contributed by atoms with Gasteiger partial charge in [0.15, 0.2) is 0 Å². The molecule has 5 aliphatic carbocycles. The van der Waals surface area contributed by atoms with Crippen molar-refractivity contribution in [1.82, 2.24) is 4.90 Å². The Morgan fingerprint density at radius 2 is 1.24 bits per heavy atom. The third-order valence-electron chi connectivity index (χ3n) is 14.8. The van der Waals surface area contributed by atoms with Gasteiger partial charge >= 0.3 is 0 Å². The first-order valence-corrected chi connectivity index (χ1v) is 17.7. The zero-order valence-electron chi connectivity index (χ0n) is 24.4. The van der Waals surface area contributed by atoms with E-state index in [-0.39, 0.29) is 0 Å². The van der Waals surface area contributed by atoms with Crippen LogP contribution in [0.15, 0.2) is 46.9 Å². The Morgan fingerprint density at radius 1 is 0.585 bits per heavy atom. The van der Waals surface area contributed by atoms with Gasteiger partial charge in [0.2, 0.25) is 0 Å². The molecule has 0 spiro atoms. The first-order chi connectivity index (χ1) is 20.3. The number of piperidine rings is 2. The van der Waals surface area contributed by atoms with Gasteiger partial charge in [0.05, 0.1) is 12.2 Å². The molecule has 4 heterocycles. The summed E-state index contributed by atoms with van der Waals surface area (Å²) in [5, 5.41) is 2.63. The maximum atomic E-state index is 7.24. The Kier molecular flexibility index (Phi) is 4.84. The van der Waals surface area contributed by atoms with Gasteiger partial charge in [0, 0.05) is 28.9 Å². The SMILES string of the molecule is c1ccc2c(c1)oc1ccc(C3CC4C5CCCC6CCC7OC8CCC9CCCC%10C(C3)C4N(C7C65)C8C9%10)cc12. The van der Waals surface area contributed by atoms with Gasteiger partial charge in [0.25, 0.3) is 0 Å². The summed E-state index contributed by atoms with van der Waals surface area (Å²) in [6, 6.07) is 18.3. The van der Waals surface area contributed by atoms with E-state index in [1.807, 2.05) is 0 Å². The van der Waals surface area contributed by atoms with Crippen molar-refractivity contribution in [2.75, 3.05) is 0 Å². The molecule has 3 heteroatoms. The Balaban J connectivity index is 1.06. The molecular formula is C38H45NO2. The van der Waals surface area contributed by atoms with Crippen LogP contribution in [0.25, 0.3) is 21.9 Å². The number of hydrogen-bond acceptors (Lipinski definition) is 3. The second-order valence-corrected chi connectivity index (χ2v) is 16.0. The Hall–Kier alpha value is -1.84. The lowest BCUT2D eigenvalue weighted by atomic mass is 9.44. The minimum Gasteiger partial charge on any atom is -0.456 e. The quantitative estimate of drug-likeness (QED) is 0.305. The minimum atomic E-state index is 0.533. The number of hydrogen-bond donors (Lipinski definition) is 0. The number of furan rings is 1. The van der Waals surface area contributed by atoms with Gasteiger partial charge < -0.3 is 9.15 Å². The highest BCUT2D eigenvalue weighted by Crippen LogP contribution is 2.67. The van der Waals surface area contributed by atoms with Crippen molar-refractivity contribution in [3.8, 4) is 0 Å². The van der Waals surface area contributed by atoms with E-state index in [0.717, 1.165) is 76.6 Å². The molecule has 41 heavy (non-hydrogen) atoms. The summed E-state index contributed by atoms with van der Waals surface area (Å²) >= 11 is 0. The first-order valence-electron chi connectivity index (χ1n) is 17.7. The molecule has 0 bridgehead atoms. The number of ether oxygens (including phenoxy) is 1. The van der Waals surface area contributed by atoms with Crippen LogP contribution in [0.4, 0.5) is 0 Å². The summed E-state index contributed by atoms with van der Waals surface area (Å²) in [5.74, 6) is 8.10. The Bertz CT molecular complexity index is 1470. The van der Waals surface area contributed by atoms with Gasteiger partial charge in [-0.1, -0.05) is 49.9 Å². The van der Waals surface area contributed by atoms with E-state index in [4.69, 9.17) is 9.15 Å². The monoisotopic (exact) mass is 547 g/mol. The van der Waals surface area contributed by atoms with Crippen molar-refractivity contribution in [2.45, 2.75) is 113 Å². The molecule has 0 N–H and O–H groups in total. The average molecular weight is 548 g/mol. The molecule has 2 aromatic carbocycles. The van der Waals surface area contributed by atoms with E-state index in [1.165, 1.54) is 87.8 Å². The highest BCUT2D eigenvalue weighted by atomic mass is 16.5. The molecule has 12 atom stereocenters. The van der Waals surface area contributed by atoms with E-state index in [1.54, 1.807) is 5.56 Å². The van der Waals surface area contributed by atoms with Crippen molar-refractivity contribution in [2.24, 2.45) is 47.3 Å². The lowest BCUT2D eigenvalue weighted by molar-refractivity contribution is -0.304. The number of nitrogens with zero attached hydrogens (tertiary/aromatic N) is 1. The van der Waals surface area contributed by atoms with Crippen LogP contribution in [0.2, 0.25) is 0 Å². The molecule has 8 aliphatic rings. The van der Waals surface area contributed by atoms with Crippen LogP contribution in [0.5, 0.6) is 0 Å². The number of fused-ring (bicyclic) bond motifs is 5. The molecule has 12 unspecified atom stereocenters. The van der Waals surface area contributed by atoms with Crippen LogP contribution in [-0.2, 0) is 4.74 Å². The fourth-order valence-electron chi connectivity index (χ4n) is 13.8. The maximum Gasteiger partial charge on any atom is 0.135 e. The maximum absolute atomic E-state index is 7.24. The van der Waals surface area contributed by atoms with E-state index in [9.17, 15) is 0 Å². The fourth-order valence-corrected chi connectivity index (χ4v) is 13.8. The van der Waals surface area contributed by atoms with Gasteiger partial charge in [-0.05, 0) is 128 Å². The zero-order chi connectivity index (χ0) is 26.4. The molecule has 214 valence electrons. The van der Waals surface area contributed by atoms with Crippen LogP contribution < -0.4 is 0 Å². The van der Waals surface area contributed by atoms with Crippen molar-refractivity contribution in [1.29, 1.82) is 0 Å². The average Bonchev–Trinajstić information content (AvgIpc) is 3.40. The summed E-state index contributed by atoms with van der Waals surface area (Å²) in [6.07, 6.45) is 18.4. The Morgan fingerprint density at radius 3 is 1.95 bits per heavy atom. The third kappa shape index (κ3) is 3.04. The van der Waals surface area contributed by atoms with Gasteiger partial charge in [-0.3, -0.25) is 4.90 Å². The smallest absolute Gasteiger partial charge is 0.135 e. The van der Waals surface area contributed by atoms with Crippen molar-refractivity contribution < 1.29 is 9.15 Å². The number of benzene rings is 2. The van der Waals surface area contributed by atoms with Gasteiger partial charge in [0.1, 0.15) is 11.2 Å². The zero-order valence-corrected chi connectivity index (χ0v) is 24.4. The highest BCUT2D eigenvalue weighted by Gasteiger charge is 2.69. The summed E-state index contributed by atoms with van der Waals surface area (Å²) in [5.41, 5.74) is 3.70. The van der Waals surface area contributed by atoms with Crippen LogP contribution >= 0.6 is 0 Å². The predicted octanol–water partition coefficient (Wildman–Crippen LogP) is 8.55. The molecule has 8 fully saturated rings. The van der Waals surface area contributed by atoms with Gasteiger partial charge in [-0.25, -0.2) is 0 Å². The van der Waals surface area contributed by atoms with Crippen LogP contribution in [-0.4, -0.2) is 35.2 Å². The predicted molar refractivity (Wildman–Crippen MR) is 162 cm³/mol. The topological polar surface area (TPSA) is 25.6 Å². The van der Waals surface area contributed by atoms with E-state index < -0.39 is 0 Å². The molecular weight excluding hydrogens is 502 g/mol. The summed E-state index contributed by atoms with van der Waals surface area (Å²) in [4.78, 5) is 3.33. The van der Waals surface area contributed by atoms with Crippen molar-refractivity contribution >= 4 is 21.9 Å². The standard InChI is InChI=1S/C38H45NO2/c1-2-10-30-24(7-1)27-17-22(13-14-31(27)40-30)23-18-28-25-8-3-5-20-11-15-32-37(34(20)25)39-36(28)29(19-23)26-9-4-6-21-12-16-33(41-32)38(39)35(21)26/h1-2,7,10,13-14,17,20-21,23,25-26,28-29,32-38H,3-6,8-9,11-12,15-16,18-19H2. The molecule has 1 aromatic heterocycles. The normalized spacial score (nSPS) is 49.6. The molecule has 0 amide bonds. The van der Waals surface area contributed by atoms with E-state index >= 15 is 0 Å². The van der Waals surface area contributed by atoms with Gasteiger partial charge in [-0.15, -0.1) is 0 Å². The molecule has 11 rings (SSSR count). The molecule has 0 radical (unpaired) electrons. The highest BCUT2D eigenvalue weighted by molar-refractivity contribution is 6.05. The number of rotatable bonds is 1. The van der Waals surface area contributed by atoms with Crippen LogP contribution in [0.1, 0.15) is 88.5 Å². The number of para-hydroxylation sites is 1. The van der Waals surface area contributed by atoms with Crippen LogP contribution in [0.3, 0.4) is 0 Å². The second-order valence-electron chi connectivity index (χ2n) is 16.0. The first kappa shape index (κ1) is 23.6. The third-order valence-corrected chi connectivity index (χ3v) is 14.8. The van der Waals surface area contributed by atoms with E-state index in [0.29, 0.717) is 18.1 Å². The molecule has 3 aromatic rings. The molecule has 5 saturated carbocycles. The second kappa shape index (κ2) is 8.41. The number of morpholine rings is 1. The molecule has 3 nitrogen and oxygen atoms in total. The molecule has 3 saturated heterocycles. The molecule has 3 aliphatic heterocycles. The Labute approximate surface area is 244 Å². The van der Waals surface area contributed by atoms with Gasteiger partial charge in [-0.2, -0.15) is 0 Å². The van der Waals surface area contributed by atoms with E-state index in [2.05, 4.69) is 47.4 Å². The van der Waals surface area contributed by atoms with Crippen molar-refractivity contribution in [3.63, 3.8) is 0 Å².